The highest BCUT2D eigenvalue weighted by molar-refractivity contribution is 7.98. The van der Waals surface area contributed by atoms with Crippen molar-refractivity contribution in [3.8, 4) is 0 Å². The van der Waals surface area contributed by atoms with Gasteiger partial charge in [-0.2, -0.15) is 11.8 Å². The molecule has 1 atom stereocenters. The third-order valence-corrected chi connectivity index (χ3v) is 5.15. The predicted molar refractivity (Wildman–Crippen MR) is 73.6 cm³/mol. The summed E-state index contributed by atoms with van der Waals surface area (Å²) in [6.45, 7) is 8.20. The average Bonchev–Trinajstić information content (AvgIpc) is 2.63. The summed E-state index contributed by atoms with van der Waals surface area (Å²) in [6.07, 6.45) is 2.39. The summed E-state index contributed by atoms with van der Waals surface area (Å²) in [7, 11) is 0. The summed E-state index contributed by atoms with van der Waals surface area (Å²) in [5, 5.41) is 11.8. The molecular weight excluding hydrogens is 250 g/mol. The second-order valence-electron chi connectivity index (χ2n) is 6.06. The molecule has 1 saturated carbocycles. The quantitative estimate of drug-likeness (QED) is 0.776. The Bertz CT molecular complexity index is 338. The third-order valence-electron chi connectivity index (χ3n) is 4.51. The molecule has 0 radical (unpaired) electrons. The van der Waals surface area contributed by atoms with Crippen LogP contribution in [0, 0.1) is 16.7 Å². The van der Waals surface area contributed by atoms with Crippen LogP contribution in [0.4, 0.5) is 0 Å². The minimum absolute atomic E-state index is 0.0559. The minimum Gasteiger partial charge on any atom is -0.480 e. The summed E-state index contributed by atoms with van der Waals surface area (Å²) in [4.78, 5) is 23.2. The first-order valence-electron chi connectivity index (χ1n) is 6.18. The molecular formula is C13H23NO3S. The Morgan fingerprint density at radius 2 is 1.78 bits per heavy atom. The van der Waals surface area contributed by atoms with Gasteiger partial charge in [0, 0.05) is 5.92 Å². The Balaban J connectivity index is 2.61. The maximum atomic E-state index is 12.1. The number of carbonyl (C=O) groups excluding carboxylic acids is 1. The molecule has 0 aromatic rings. The fourth-order valence-corrected chi connectivity index (χ4v) is 3.07. The van der Waals surface area contributed by atoms with E-state index in [-0.39, 0.29) is 22.7 Å². The first kappa shape index (κ1) is 15.3. The van der Waals surface area contributed by atoms with E-state index in [0.717, 1.165) is 5.75 Å². The summed E-state index contributed by atoms with van der Waals surface area (Å²) in [5.41, 5.74) is -0.112. The summed E-state index contributed by atoms with van der Waals surface area (Å²) >= 11 is 1.58. The van der Waals surface area contributed by atoms with Gasteiger partial charge in [0.05, 0.1) is 0 Å². The van der Waals surface area contributed by atoms with Gasteiger partial charge in [0.2, 0.25) is 5.91 Å². The van der Waals surface area contributed by atoms with Gasteiger partial charge < -0.3 is 10.4 Å². The number of hydrogen-bond donors (Lipinski definition) is 2. The van der Waals surface area contributed by atoms with Gasteiger partial charge in [-0.25, -0.2) is 4.79 Å². The fraction of sp³-hybridized carbons (Fsp3) is 0.846. The highest BCUT2D eigenvalue weighted by Gasteiger charge is 2.68. The number of carbonyl (C=O) groups is 2. The van der Waals surface area contributed by atoms with Crippen molar-refractivity contribution in [1.82, 2.24) is 5.32 Å². The van der Waals surface area contributed by atoms with Crippen molar-refractivity contribution in [3.63, 3.8) is 0 Å². The van der Waals surface area contributed by atoms with E-state index in [9.17, 15) is 9.59 Å². The lowest BCUT2D eigenvalue weighted by Gasteiger charge is -2.14. The van der Waals surface area contributed by atoms with Gasteiger partial charge in [-0.15, -0.1) is 0 Å². The van der Waals surface area contributed by atoms with E-state index in [1.165, 1.54) is 0 Å². The second-order valence-corrected chi connectivity index (χ2v) is 7.04. The number of hydrogen-bond acceptors (Lipinski definition) is 3. The van der Waals surface area contributed by atoms with Crippen molar-refractivity contribution in [2.45, 2.75) is 40.2 Å². The maximum Gasteiger partial charge on any atom is 0.326 e. The highest BCUT2D eigenvalue weighted by Crippen LogP contribution is 2.68. The first-order valence-corrected chi connectivity index (χ1v) is 7.57. The molecule has 0 bridgehead atoms. The smallest absolute Gasteiger partial charge is 0.326 e. The van der Waals surface area contributed by atoms with E-state index in [0.29, 0.717) is 6.42 Å². The van der Waals surface area contributed by atoms with Crippen molar-refractivity contribution < 1.29 is 14.7 Å². The molecule has 1 fully saturated rings. The zero-order valence-electron chi connectivity index (χ0n) is 11.7. The van der Waals surface area contributed by atoms with Crippen LogP contribution in [0.2, 0.25) is 0 Å². The van der Waals surface area contributed by atoms with Crippen molar-refractivity contribution in [3.05, 3.63) is 0 Å². The number of aliphatic carboxylic acids is 1. The Labute approximate surface area is 113 Å². The van der Waals surface area contributed by atoms with Crippen molar-refractivity contribution in [2.24, 2.45) is 16.7 Å². The van der Waals surface area contributed by atoms with Crippen LogP contribution in [0.1, 0.15) is 34.1 Å². The molecule has 104 valence electrons. The first-order chi connectivity index (χ1) is 8.16. The fourth-order valence-electron chi connectivity index (χ4n) is 2.60. The Kier molecular flexibility index (Phi) is 4.36. The zero-order valence-corrected chi connectivity index (χ0v) is 12.6. The monoisotopic (exact) mass is 273 g/mol. The maximum absolute atomic E-state index is 12.1. The van der Waals surface area contributed by atoms with Gasteiger partial charge in [0.15, 0.2) is 0 Å². The van der Waals surface area contributed by atoms with Gasteiger partial charge in [-0.1, -0.05) is 27.7 Å². The molecule has 0 heterocycles. The Morgan fingerprint density at radius 1 is 1.28 bits per heavy atom. The molecule has 1 amide bonds. The molecule has 5 heteroatoms. The van der Waals surface area contributed by atoms with Crippen LogP contribution < -0.4 is 5.32 Å². The molecule has 0 aromatic carbocycles. The van der Waals surface area contributed by atoms with Crippen LogP contribution in [0.3, 0.4) is 0 Å². The lowest BCUT2D eigenvalue weighted by molar-refractivity contribution is -0.142. The van der Waals surface area contributed by atoms with E-state index in [2.05, 4.69) is 33.0 Å². The zero-order chi connectivity index (χ0) is 14.1. The normalized spacial score (nSPS) is 22.3. The van der Waals surface area contributed by atoms with Crippen LogP contribution in [-0.2, 0) is 9.59 Å². The van der Waals surface area contributed by atoms with Crippen LogP contribution >= 0.6 is 11.8 Å². The summed E-state index contributed by atoms with van der Waals surface area (Å²) in [6, 6.07) is -0.767. The lowest BCUT2D eigenvalue weighted by atomic mass is 10.0. The number of amides is 1. The van der Waals surface area contributed by atoms with Gasteiger partial charge in [0.25, 0.3) is 0 Å². The minimum atomic E-state index is -0.950. The van der Waals surface area contributed by atoms with Crippen LogP contribution in [0.15, 0.2) is 0 Å². The van der Waals surface area contributed by atoms with Crippen molar-refractivity contribution in [1.29, 1.82) is 0 Å². The van der Waals surface area contributed by atoms with Gasteiger partial charge in [-0.05, 0) is 29.3 Å². The van der Waals surface area contributed by atoms with Crippen LogP contribution in [0.5, 0.6) is 0 Å². The molecule has 18 heavy (non-hydrogen) atoms. The molecule has 0 aliphatic heterocycles. The Hall–Kier alpha value is -0.710. The SMILES string of the molecule is CSCC[C@H](NC(=O)C1C(C)(C)C1(C)C)C(=O)O. The Morgan fingerprint density at radius 3 is 2.11 bits per heavy atom. The number of nitrogens with one attached hydrogen (secondary N) is 1. The molecule has 0 saturated heterocycles. The molecule has 4 nitrogen and oxygen atoms in total. The van der Waals surface area contributed by atoms with E-state index in [4.69, 9.17) is 5.11 Å². The predicted octanol–water partition coefficient (Wildman–Crippen LogP) is 1.99. The highest BCUT2D eigenvalue weighted by atomic mass is 32.2. The molecule has 1 rings (SSSR count). The summed E-state index contributed by atoms with van der Waals surface area (Å²) < 4.78 is 0. The van der Waals surface area contributed by atoms with Crippen LogP contribution in [-0.4, -0.2) is 35.0 Å². The molecule has 1 aliphatic rings. The molecule has 0 unspecified atom stereocenters. The van der Waals surface area contributed by atoms with Gasteiger partial charge >= 0.3 is 5.97 Å². The van der Waals surface area contributed by atoms with E-state index in [1.807, 2.05) is 6.26 Å². The second kappa shape index (κ2) is 5.11. The topological polar surface area (TPSA) is 66.4 Å². The molecule has 0 spiro atoms. The van der Waals surface area contributed by atoms with Gasteiger partial charge in [-0.3, -0.25) is 4.79 Å². The molecule has 2 N–H and O–H groups in total. The summed E-state index contributed by atoms with van der Waals surface area (Å²) in [5.74, 6) is -0.442. The van der Waals surface area contributed by atoms with Crippen molar-refractivity contribution in [2.75, 3.05) is 12.0 Å². The van der Waals surface area contributed by atoms with Crippen molar-refractivity contribution >= 4 is 23.6 Å². The number of rotatable bonds is 6. The van der Waals surface area contributed by atoms with E-state index in [1.54, 1.807) is 11.8 Å². The van der Waals surface area contributed by atoms with E-state index < -0.39 is 12.0 Å². The lowest BCUT2D eigenvalue weighted by Crippen LogP contribution is -2.42. The molecule has 1 aliphatic carbocycles. The van der Waals surface area contributed by atoms with Crippen LogP contribution in [0.25, 0.3) is 0 Å². The average molecular weight is 273 g/mol. The van der Waals surface area contributed by atoms with E-state index >= 15 is 0 Å². The number of carboxylic acid groups (broad SMARTS) is 1. The number of carboxylic acids is 1. The van der Waals surface area contributed by atoms with Gasteiger partial charge in [0.1, 0.15) is 6.04 Å². The third kappa shape index (κ3) is 2.66. The largest absolute Gasteiger partial charge is 0.480 e. The molecule has 0 aromatic heterocycles. The number of thioether (sulfide) groups is 1. The standard InChI is InChI=1S/C13H23NO3S/c1-12(2)9(13(12,3)4)10(15)14-8(11(16)17)6-7-18-5/h8-9H,6-7H2,1-5H3,(H,14,15)(H,16,17)/t8-/m0/s1.